The molecule has 2 aromatic heterocycles. The van der Waals surface area contributed by atoms with Crippen LogP contribution in [0.2, 0.25) is 0 Å². The van der Waals surface area contributed by atoms with E-state index >= 15 is 0 Å². The number of hydrogen-bond acceptors (Lipinski definition) is 14. The molecule has 0 saturated carbocycles. The van der Waals surface area contributed by atoms with Crippen molar-refractivity contribution in [1.82, 2.24) is 19.7 Å². The molecule has 1 fully saturated rings. The summed E-state index contributed by atoms with van der Waals surface area (Å²) in [6.45, 7) is 8.47. The van der Waals surface area contributed by atoms with Gasteiger partial charge in [0.15, 0.2) is 5.82 Å². The maximum Gasteiger partial charge on any atom is 0.409 e. The molecule has 1 aliphatic heterocycles. The zero-order valence-corrected chi connectivity index (χ0v) is 27.2. The molecule has 0 amide bonds. The molecule has 0 aromatic carbocycles. The number of aliphatic hydroxyl groups excluding tert-OH is 2. The molecule has 16 nitrogen and oxygen atoms in total. The fraction of sp³-hybridized carbons (Fsp3) is 0.679. The van der Waals surface area contributed by atoms with Crippen LogP contribution in [0, 0.1) is 17.2 Å². The van der Waals surface area contributed by atoms with Crippen LogP contribution in [0.3, 0.4) is 0 Å². The lowest BCUT2D eigenvalue weighted by Gasteiger charge is -2.30. The van der Waals surface area contributed by atoms with Crippen molar-refractivity contribution >= 4 is 31.0 Å². The van der Waals surface area contributed by atoms with E-state index in [0.29, 0.717) is 18.4 Å². The highest BCUT2D eigenvalue weighted by atomic mass is 31.2. The van der Waals surface area contributed by atoms with Crippen molar-refractivity contribution in [3.63, 3.8) is 0 Å². The van der Waals surface area contributed by atoms with E-state index in [0.717, 1.165) is 19.2 Å². The Bertz CT molecular complexity index is 1420. The van der Waals surface area contributed by atoms with Gasteiger partial charge in [-0.15, -0.1) is 0 Å². The van der Waals surface area contributed by atoms with E-state index in [4.69, 9.17) is 29.0 Å². The summed E-state index contributed by atoms with van der Waals surface area (Å²) in [5, 5.41) is 38.7. The third-order valence-corrected chi connectivity index (χ3v) is 8.96. The largest absolute Gasteiger partial charge is 0.462 e. The number of carbonyl (C=O) groups is 2. The van der Waals surface area contributed by atoms with E-state index in [1.165, 1.54) is 30.5 Å². The zero-order valence-electron chi connectivity index (χ0n) is 26.3. The van der Waals surface area contributed by atoms with Gasteiger partial charge in [0.05, 0.1) is 24.3 Å². The summed E-state index contributed by atoms with van der Waals surface area (Å²) in [4.78, 5) is 29.3. The van der Waals surface area contributed by atoms with Gasteiger partial charge in [0.1, 0.15) is 41.8 Å². The zero-order chi connectivity index (χ0) is 33.6. The molecule has 0 aliphatic carbocycles. The fourth-order valence-electron chi connectivity index (χ4n) is 4.92. The van der Waals surface area contributed by atoms with Crippen molar-refractivity contribution in [3.8, 4) is 6.07 Å². The predicted octanol–water partition coefficient (Wildman–Crippen LogP) is 2.33. The van der Waals surface area contributed by atoms with Crippen LogP contribution < -0.4 is 10.8 Å². The molecular formula is C28H43N6O10P. The van der Waals surface area contributed by atoms with Crippen LogP contribution in [0.15, 0.2) is 18.5 Å². The van der Waals surface area contributed by atoms with E-state index in [1.807, 2.05) is 19.9 Å². The molecule has 1 aliphatic rings. The average Bonchev–Trinajstić information content (AvgIpc) is 3.51. The monoisotopic (exact) mass is 654 g/mol. The molecule has 45 heavy (non-hydrogen) atoms. The van der Waals surface area contributed by atoms with Crippen LogP contribution in [0.1, 0.15) is 72.9 Å². The van der Waals surface area contributed by atoms with Crippen molar-refractivity contribution in [3.05, 3.63) is 24.2 Å². The average molecular weight is 655 g/mol. The number of aromatic nitrogens is 3. The number of nitrogens with one attached hydrogen (secondary N) is 1. The third-order valence-electron chi connectivity index (χ3n) is 7.20. The van der Waals surface area contributed by atoms with Crippen LogP contribution in [-0.2, 0) is 43.0 Å². The van der Waals surface area contributed by atoms with Crippen molar-refractivity contribution in [2.45, 2.75) is 103 Å². The molecule has 2 aromatic rings. The summed E-state index contributed by atoms with van der Waals surface area (Å²) in [7, 11) is -4.54. The first kappa shape index (κ1) is 36.3. The first-order chi connectivity index (χ1) is 21.1. The maximum atomic E-state index is 14.0. The smallest absolute Gasteiger partial charge is 0.409 e. The summed E-state index contributed by atoms with van der Waals surface area (Å²) in [6, 6.07) is 4.87. The van der Waals surface area contributed by atoms with E-state index in [-0.39, 0.29) is 17.4 Å². The number of ether oxygens (including phenoxy) is 3. The standard InChI is InChI=1S/C28H43N6O10P/c1-7-9-18(10-8-2)25(37)40-16-42-45(39,33-27(5,6)26(38)43-17(3)4)41-13-20-22(35)23(36)28(14-29,44-20)21-12-11-19-24(30)31-15-32-34(19)21/h11-12,15,17-18,20,22-23,35-36H,7-10,13,16H2,1-6H3,(H,33,39)(H2,30,31,32)/t20-,22-,23-,28+,45?/m1/s1. The maximum absolute atomic E-state index is 14.0. The molecule has 1 unspecified atom stereocenters. The van der Waals surface area contributed by atoms with Gasteiger partial charge in [0.25, 0.3) is 0 Å². The van der Waals surface area contributed by atoms with Crippen LogP contribution in [0.4, 0.5) is 5.82 Å². The molecule has 3 heterocycles. The summed E-state index contributed by atoms with van der Waals surface area (Å²) < 4.78 is 42.6. The molecule has 5 atom stereocenters. The first-order valence-corrected chi connectivity index (χ1v) is 16.3. The predicted molar refractivity (Wildman–Crippen MR) is 159 cm³/mol. The van der Waals surface area contributed by atoms with Gasteiger partial charge in [0, 0.05) is 0 Å². The number of esters is 2. The van der Waals surface area contributed by atoms with Gasteiger partial charge in [0.2, 0.25) is 12.4 Å². The van der Waals surface area contributed by atoms with Crippen LogP contribution >= 0.6 is 7.75 Å². The number of anilines is 1. The first-order valence-electron chi connectivity index (χ1n) is 14.7. The lowest BCUT2D eigenvalue weighted by atomic mass is 9.92. The van der Waals surface area contributed by atoms with E-state index < -0.39 is 68.6 Å². The molecule has 250 valence electrons. The Morgan fingerprint density at radius 3 is 2.51 bits per heavy atom. The highest BCUT2D eigenvalue weighted by Gasteiger charge is 2.58. The molecule has 0 radical (unpaired) electrons. The van der Waals surface area contributed by atoms with Gasteiger partial charge in [-0.05, 0) is 52.7 Å². The molecule has 3 rings (SSSR count). The van der Waals surface area contributed by atoms with Crippen molar-refractivity contribution in [1.29, 1.82) is 5.26 Å². The number of hydrogen-bond donors (Lipinski definition) is 4. The lowest BCUT2D eigenvalue weighted by molar-refractivity contribution is -0.157. The van der Waals surface area contributed by atoms with Gasteiger partial charge in [-0.25, -0.2) is 19.2 Å². The SMILES string of the molecule is CCCC(CCC)C(=O)OCOP(=O)(NC(C)(C)C(=O)OC(C)C)OC[C@H]1O[C@@](C#N)(c2ccc3c(N)ncnn23)[C@H](O)[C@@H]1O. The van der Waals surface area contributed by atoms with Crippen molar-refractivity contribution in [2.75, 3.05) is 19.1 Å². The number of nitriles is 1. The minimum Gasteiger partial charge on any atom is -0.462 e. The van der Waals surface area contributed by atoms with Gasteiger partial charge in [-0.2, -0.15) is 10.4 Å². The number of carbonyl (C=O) groups excluding carboxylic acids is 2. The quantitative estimate of drug-likeness (QED) is 0.116. The molecular weight excluding hydrogens is 611 g/mol. The molecule has 5 N–H and O–H groups in total. The summed E-state index contributed by atoms with van der Waals surface area (Å²) in [6.07, 6.45) is -1.54. The Kier molecular flexibility index (Phi) is 12.1. The Balaban J connectivity index is 1.83. The number of aliphatic hydroxyl groups is 2. The summed E-state index contributed by atoms with van der Waals surface area (Å²) in [5.74, 6) is -1.58. The minimum atomic E-state index is -4.54. The highest BCUT2D eigenvalue weighted by Crippen LogP contribution is 2.48. The normalized spacial score (nSPS) is 23.3. The highest BCUT2D eigenvalue weighted by molar-refractivity contribution is 7.51. The van der Waals surface area contributed by atoms with Crippen molar-refractivity contribution < 1.29 is 47.6 Å². The molecule has 17 heteroatoms. The van der Waals surface area contributed by atoms with Crippen LogP contribution in [-0.4, -0.2) is 80.1 Å². The Hall–Kier alpha value is -3.16. The number of nitrogens with zero attached hydrogens (tertiary/aromatic N) is 4. The molecule has 1 saturated heterocycles. The van der Waals surface area contributed by atoms with Crippen LogP contribution in [0.25, 0.3) is 5.52 Å². The topological polar surface area (TPSA) is 230 Å². The van der Waals surface area contributed by atoms with Crippen molar-refractivity contribution in [2.24, 2.45) is 5.92 Å². The van der Waals surface area contributed by atoms with Gasteiger partial charge >= 0.3 is 19.7 Å². The van der Waals surface area contributed by atoms with Crippen LogP contribution in [0.5, 0.6) is 0 Å². The molecule has 0 bridgehead atoms. The summed E-state index contributed by atoms with van der Waals surface area (Å²) >= 11 is 0. The number of nitrogen functional groups attached to an aromatic ring is 1. The second-order valence-electron chi connectivity index (χ2n) is 11.6. The Labute approximate surface area is 261 Å². The minimum absolute atomic E-state index is 0.0545. The number of fused-ring (bicyclic) bond motifs is 1. The van der Waals surface area contributed by atoms with E-state index in [1.54, 1.807) is 13.8 Å². The number of rotatable bonds is 16. The van der Waals surface area contributed by atoms with E-state index in [9.17, 15) is 29.6 Å². The Morgan fingerprint density at radius 1 is 1.24 bits per heavy atom. The fourth-order valence-corrected chi connectivity index (χ4v) is 6.44. The Morgan fingerprint density at radius 2 is 1.91 bits per heavy atom. The second-order valence-corrected chi connectivity index (χ2v) is 13.3. The number of nitrogens with two attached hydrogens (primary N) is 1. The summed E-state index contributed by atoms with van der Waals surface area (Å²) in [5.41, 5.74) is 2.53. The van der Waals surface area contributed by atoms with E-state index in [2.05, 4.69) is 15.2 Å². The van der Waals surface area contributed by atoms with Gasteiger partial charge < -0.3 is 30.2 Å². The lowest BCUT2D eigenvalue weighted by Crippen LogP contribution is -2.47. The van der Waals surface area contributed by atoms with Gasteiger partial charge in [-0.1, -0.05) is 26.7 Å². The molecule has 0 spiro atoms. The van der Waals surface area contributed by atoms with Gasteiger partial charge in [-0.3, -0.25) is 18.6 Å². The second kappa shape index (κ2) is 15.0. The third kappa shape index (κ3) is 8.17.